The first-order valence-electron chi connectivity index (χ1n) is 6.52. The molecule has 0 aliphatic heterocycles. The number of halogens is 1. The molecule has 2 rings (SSSR count). The van der Waals surface area contributed by atoms with Crippen molar-refractivity contribution in [1.29, 1.82) is 0 Å². The summed E-state index contributed by atoms with van der Waals surface area (Å²) in [5, 5.41) is 0. The number of rotatable bonds is 5. The van der Waals surface area contributed by atoms with Gasteiger partial charge in [0.1, 0.15) is 5.82 Å². The third-order valence-electron chi connectivity index (χ3n) is 3.32. The number of thioether (sulfide) groups is 1. The van der Waals surface area contributed by atoms with Crippen molar-refractivity contribution >= 4 is 35.0 Å². The first-order valence-corrected chi connectivity index (χ1v) is 8.09. The smallest absolute Gasteiger partial charge is 0.178 e. The van der Waals surface area contributed by atoms with Gasteiger partial charge in [-0.15, -0.1) is 0 Å². The Balaban J connectivity index is 2.39. The molecule has 0 fully saturated rings. The predicted octanol–water partition coefficient (Wildman–Crippen LogP) is 4.85. The second kappa shape index (κ2) is 6.09. The van der Waals surface area contributed by atoms with Crippen LogP contribution in [0.15, 0.2) is 12.1 Å². The van der Waals surface area contributed by atoms with Crippen LogP contribution in [-0.4, -0.2) is 21.1 Å². The van der Waals surface area contributed by atoms with Gasteiger partial charge in [0.25, 0.3) is 0 Å². The van der Waals surface area contributed by atoms with Gasteiger partial charge in [0, 0.05) is 6.04 Å². The van der Waals surface area contributed by atoms with Crippen LogP contribution in [-0.2, 0) is 0 Å². The highest BCUT2D eigenvalue weighted by molar-refractivity contribution is 7.99. The number of aromatic amines is 1. The number of hydrogen-bond donors (Lipinski definition) is 1. The molecule has 0 aliphatic carbocycles. The van der Waals surface area contributed by atoms with E-state index >= 15 is 0 Å². The maximum atomic E-state index is 13.6. The zero-order chi connectivity index (χ0) is 14.0. The van der Waals surface area contributed by atoms with Crippen molar-refractivity contribution in [2.75, 3.05) is 11.5 Å². The molecule has 104 valence electrons. The van der Waals surface area contributed by atoms with Gasteiger partial charge in [-0.3, -0.25) is 0 Å². The van der Waals surface area contributed by atoms with E-state index in [-0.39, 0.29) is 5.82 Å². The summed E-state index contributed by atoms with van der Waals surface area (Å²) >= 11 is 7.31. The SMILES string of the molecule is CCSCCC(C)n1c(=S)[nH]c2cc(F)c(C)cc21. The van der Waals surface area contributed by atoms with Crippen LogP contribution in [0.1, 0.15) is 31.9 Å². The number of benzene rings is 1. The van der Waals surface area contributed by atoms with E-state index in [4.69, 9.17) is 12.2 Å². The van der Waals surface area contributed by atoms with E-state index in [1.54, 1.807) is 6.92 Å². The number of hydrogen-bond acceptors (Lipinski definition) is 2. The van der Waals surface area contributed by atoms with E-state index in [2.05, 4.69) is 23.4 Å². The van der Waals surface area contributed by atoms with Crippen LogP contribution < -0.4 is 0 Å². The van der Waals surface area contributed by atoms with Crippen LogP contribution in [0, 0.1) is 17.5 Å². The fourth-order valence-electron chi connectivity index (χ4n) is 2.22. The molecular formula is C14H19FN2S2. The molecule has 1 unspecified atom stereocenters. The van der Waals surface area contributed by atoms with Crippen LogP contribution in [0.25, 0.3) is 11.0 Å². The highest BCUT2D eigenvalue weighted by Gasteiger charge is 2.12. The lowest BCUT2D eigenvalue weighted by molar-refractivity contribution is 0.542. The van der Waals surface area contributed by atoms with Crippen molar-refractivity contribution in [3.8, 4) is 0 Å². The Bertz CT molecular complexity index is 630. The van der Waals surface area contributed by atoms with Gasteiger partial charge in [0.15, 0.2) is 4.77 Å². The molecule has 0 saturated carbocycles. The molecule has 19 heavy (non-hydrogen) atoms. The number of nitrogens with one attached hydrogen (secondary N) is 1. The predicted molar refractivity (Wildman–Crippen MR) is 84.1 cm³/mol. The monoisotopic (exact) mass is 298 g/mol. The van der Waals surface area contributed by atoms with E-state index in [0.717, 1.165) is 29.0 Å². The molecule has 1 N–H and O–H groups in total. The Labute approximate surface area is 122 Å². The summed E-state index contributed by atoms with van der Waals surface area (Å²) in [4.78, 5) is 3.10. The third-order valence-corrected chi connectivity index (χ3v) is 4.55. The summed E-state index contributed by atoms with van der Waals surface area (Å²) in [6, 6.07) is 3.73. The highest BCUT2D eigenvalue weighted by atomic mass is 32.2. The zero-order valence-electron chi connectivity index (χ0n) is 11.5. The van der Waals surface area contributed by atoms with Crippen molar-refractivity contribution in [3.05, 3.63) is 28.3 Å². The minimum absolute atomic E-state index is 0.190. The Morgan fingerprint density at radius 2 is 2.21 bits per heavy atom. The number of nitrogens with zero attached hydrogens (tertiary/aromatic N) is 1. The Kier molecular flexibility index (Phi) is 4.68. The van der Waals surface area contributed by atoms with Crippen molar-refractivity contribution in [2.45, 2.75) is 33.2 Å². The van der Waals surface area contributed by atoms with E-state index in [9.17, 15) is 4.39 Å². The molecule has 2 aromatic rings. The van der Waals surface area contributed by atoms with Crippen molar-refractivity contribution in [3.63, 3.8) is 0 Å². The summed E-state index contributed by atoms with van der Waals surface area (Å²) in [7, 11) is 0. The minimum Gasteiger partial charge on any atom is -0.330 e. The second-order valence-electron chi connectivity index (χ2n) is 4.75. The second-order valence-corrected chi connectivity index (χ2v) is 6.53. The molecule has 5 heteroatoms. The van der Waals surface area contributed by atoms with Crippen molar-refractivity contribution in [1.82, 2.24) is 9.55 Å². The lowest BCUT2D eigenvalue weighted by atomic mass is 10.2. The third kappa shape index (κ3) is 3.03. The summed E-state index contributed by atoms with van der Waals surface area (Å²) in [5.74, 6) is 2.06. The quantitative estimate of drug-likeness (QED) is 0.629. The summed E-state index contributed by atoms with van der Waals surface area (Å²) < 4.78 is 16.4. The van der Waals surface area contributed by atoms with Crippen LogP contribution in [0.5, 0.6) is 0 Å². The number of fused-ring (bicyclic) bond motifs is 1. The Hall–Kier alpha value is -0.810. The van der Waals surface area contributed by atoms with Crippen molar-refractivity contribution < 1.29 is 4.39 Å². The topological polar surface area (TPSA) is 20.7 Å². The molecule has 0 bridgehead atoms. The normalized spacial score (nSPS) is 13.1. The molecule has 1 atom stereocenters. The lowest BCUT2D eigenvalue weighted by Gasteiger charge is -2.14. The Morgan fingerprint density at radius 3 is 2.89 bits per heavy atom. The van der Waals surface area contributed by atoms with Crippen LogP contribution >= 0.6 is 24.0 Å². The van der Waals surface area contributed by atoms with Gasteiger partial charge in [0.05, 0.1) is 11.0 Å². The minimum atomic E-state index is -0.190. The molecule has 2 nitrogen and oxygen atoms in total. The molecule has 1 aromatic heterocycles. The van der Waals surface area contributed by atoms with Gasteiger partial charge < -0.3 is 9.55 Å². The fourth-order valence-corrected chi connectivity index (χ4v) is 3.40. The molecule has 1 aromatic carbocycles. The maximum absolute atomic E-state index is 13.6. The fraction of sp³-hybridized carbons (Fsp3) is 0.500. The molecular weight excluding hydrogens is 279 g/mol. The standard InChI is InChI=1S/C14H19FN2S2/c1-4-19-6-5-10(3)17-13-7-9(2)11(15)8-12(13)16-14(17)18/h7-8,10H,4-6H2,1-3H3,(H,16,18). The summed E-state index contributed by atoms with van der Waals surface area (Å²) in [6.07, 6.45) is 1.07. The maximum Gasteiger partial charge on any atom is 0.178 e. The molecule has 0 saturated heterocycles. The average molecular weight is 298 g/mol. The largest absolute Gasteiger partial charge is 0.330 e. The average Bonchev–Trinajstić information content (AvgIpc) is 2.65. The van der Waals surface area contributed by atoms with Gasteiger partial charge in [-0.2, -0.15) is 11.8 Å². The van der Waals surface area contributed by atoms with E-state index in [1.165, 1.54) is 6.07 Å². The van der Waals surface area contributed by atoms with Crippen LogP contribution in [0.2, 0.25) is 0 Å². The van der Waals surface area contributed by atoms with E-state index < -0.39 is 0 Å². The summed E-state index contributed by atoms with van der Waals surface area (Å²) in [6.45, 7) is 6.11. The highest BCUT2D eigenvalue weighted by Crippen LogP contribution is 2.24. The molecule has 0 amide bonds. The first kappa shape index (κ1) is 14.6. The van der Waals surface area contributed by atoms with Crippen molar-refractivity contribution in [2.24, 2.45) is 0 Å². The number of imidazole rings is 1. The van der Waals surface area contributed by atoms with Gasteiger partial charge in [-0.05, 0) is 61.7 Å². The number of H-pyrrole nitrogens is 1. The molecule has 0 aliphatic rings. The van der Waals surface area contributed by atoms with E-state index in [0.29, 0.717) is 16.4 Å². The lowest BCUT2D eigenvalue weighted by Crippen LogP contribution is -2.06. The van der Waals surface area contributed by atoms with Gasteiger partial charge in [-0.25, -0.2) is 4.39 Å². The van der Waals surface area contributed by atoms with Gasteiger partial charge in [-0.1, -0.05) is 6.92 Å². The van der Waals surface area contributed by atoms with Gasteiger partial charge in [0.2, 0.25) is 0 Å². The molecule has 0 spiro atoms. The number of aryl methyl sites for hydroxylation is 1. The zero-order valence-corrected chi connectivity index (χ0v) is 13.1. The van der Waals surface area contributed by atoms with Crippen LogP contribution in [0.4, 0.5) is 4.39 Å². The Morgan fingerprint density at radius 1 is 1.47 bits per heavy atom. The molecule has 0 radical (unpaired) electrons. The summed E-state index contributed by atoms with van der Waals surface area (Å²) in [5.41, 5.74) is 2.44. The van der Waals surface area contributed by atoms with Gasteiger partial charge >= 0.3 is 0 Å². The van der Waals surface area contributed by atoms with E-state index in [1.807, 2.05) is 17.8 Å². The number of aromatic nitrogens is 2. The first-order chi connectivity index (χ1) is 9.04. The molecule has 1 heterocycles. The van der Waals surface area contributed by atoms with Crippen LogP contribution in [0.3, 0.4) is 0 Å².